The molecule has 0 saturated heterocycles. The molecule has 4 nitrogen and oxygen atoms in total. The molecule has 0 radical (unpaired) electrons. The Morgan fingerprint density at radius 1 is 1.10 bits per heavy atom. The quantitative estimate of drug-likeness (QED) is 0.748. The van der Waals surface area contributed by atoms with Crippen LogP contribution in [0.3, 0.4) is 0 Å². The fourth-order valence-corrected chi connectivity index (χ4v) is 2.38. The molecule has 1 rings (SSSR count). The Hall–Kier alpha value is -1.12. The molecule has 0 aliphatic heterocycles. The lowest BCUT2D eigenvalue weighted by atomic mass is 10.1. The van der Waals surface area contributed by atoms with Crippen molar-refractivity contribution in [3.8, 4) is 0 Å². The number of hydrogen-bond donors (Lipinski definition) is 2. The number of benzene rings is 1. The highest BCUT2D eigenvalue weighted by Gasteiger charge is 2.46. The zero-order chi connectivity index (χ0) is 15.2. The van der Waals surface area contributed by atoms with E-state index in [0.29, 0.717) is 19.5 Å². The highest BCUT2D eigenvalue weighted by Crippen LogP contribution is 2.30. The van der Waals surface area contributed by atoms with Gasteiger partial charge in [0.2, 0.25) is 0 Å². The number of nitrogens with two attached hydrogens (primary N) is 1. The summed E-state index contributed by atoms with van der Waals surface area (Å²) < 4.78 is 59.3. The molecule has 1 aromatic carbocycles. The summed E-state index contributed by atoms with van der Waals surface area (Å²) in [5.74, 6) is 0. The fraction of sp³-hybridized carbons (Fsp3) is 0.500. The molecule has 0 unspecified atom stereocenters. The third-order valence-electron chi connectivity index (χ3n) is 2.68. The Labute approximate surface area is 116 Å². The minimum Gasteiger partial charge on any atom is -0.329 e. The van der Waals surface area contributed by atoms with Crippen LogP contribution in [0.25, 0.3) is 0 Å². The summed E-state index contributed by atoms with van der Waals surface area (Å²) in [6, 6.07) is 4.79. The van der Waals surface area contributed by atoms with E-state index in [9.17, 15) is 21.6 Å². The van der Waals surface area contributed by atoms with E-state index < -0.39 is 20.2 Å². The monoisotopic (exact) mass is 310 g/mol. The normalized spacial score (nSPS) is 12.6. The van der Waals surface area contributed by atoms with E-state index in [1.54, 1.807) is 0 Å². The van der Waals surface area contributed by atoms with E-state index in [1.807, 2.05) is 0 Å². The van der Waals surface area contributed by atoms with Crippen LogP contribution in [0.5, 0.6) is 0 Å². The third kappa shape index (κ3) is 4.46. The van der Waals surface area contributed by atoms with Crippen molar-refractivity contribution >= 4 is 9.84 Å². The SMILES string of the molecule is NCCNCCCc1ccc(S(=O)(=O)C(F)(F)F)cc1. The van der Waals surface area contributed by atoms with Crippen LogP contribution in [0.2, 0.25) is 0 Å². The lowest BCUT2D eigenvalue weighted by molar-refractivity contribution is -0.0436. The van der Waals surface area contributed by atoms with Crippen molar-refractivity contribution in [2.75, 3.05) is 19.6 Å². The maximum absolute atomic E-state index is 12.3. The number of alkyl halides is 3. The van der Waals surface area contributed by atoms with Gasteiger partial charge in [-0.2, -0.15) is 13.2 Å². The molecule has 114 valence electrons. The van der Waals surface area contributed by atoms with Crippen LogP contribution in [0.1, 0.15) is 12.0 Å². The van der Waals surface area contributed by atoms with Gasteiger partial charge in [-0.3, -0.25) is 0 Å². The van der Waals surface area contributed by atoms with E-state index >= 15 is 0 Å². The van der Waals surface area contributed by atoms with Crippen LogP contribution >= 0.6 is 0 Å². The molecule has 0 atom stereocenters. The van der Waals surface area contributed by atoms with E-state index in [2.05, 4.69) is 5.32 Å². The number of sulfone groups is 1. The van der Waals surface area contributed by atoms with Gasteiger partial charge in [0, 0.05) is 13.1 Å². The molecule has 8 heteroatoms. The van der Waals surface area contributed by atoms with Gasteiger partial charge in [0.05, 0.1) is 4.90 Å². The topological polar surface area (TPSA) is 72.2 Å². The van der Waals surface area contributed by atoms with E-state index in [4.69, 9.17) is 5.73 Å². The minimum atomic E-state index is -5.26. The van der Waals surface area contributed by atoms with Crippen LogP contribution in [0.4, 0.5) is 13.2 Å². The standard InChI is InChI=1S/C12H17F3N2O2S/c13-12(14,15)20(18,19)11-5-3-10(4-6-11)2-1-8-17-9-7-16/h3-6,17H,1-2,7-9,16H2. The first-order valence-corrected chi connectivity index (χ1v) is 7.58. The van der Waals surface area contributed by atoms with Crippen LogP contribution < -0.4 is 11.1 Å². The summed E-state index contributed by atoms with van der Waals surface area (Å²) in [5, 5.41) is 3.09. The molecular formula is C12H17F3N2O2S. The Morgan fingerprint density at radius 3 is 2.20 bits per heavy atom. The van der Waals surface area contributed by atoms with E-state index in [-0.39, 0.29) is 0 Å². The lowest BCUT2D eigenvalue weighted by Gasteiger charge is -2.09. The number of nitrogens with one attached hydrogen (secondary N) is 1. The van der Waals surface area contributed by atoms with Gasteiger partial charge in [-0.15, -0.1) is 0 Å². The summed E-state index contributed by atoms with van der Waals surface area (Å²) in [7, 11) is -5.25. The molecule has 1 aromatic rings. The average molecular weight is 310 g/mol. The van der Waals surface area contributed by atoms with Crippen LogP contribution in [0.15, 0.2) is 29.2 Å². The molecule has 0 saturated carbocycles. The van der Waals surface area contributed by atoms with Crippen molar-refractivity contribution in [3.05, 3.63) is 29.8 Å². The summed E-state index contributed by atoms with van der Waals surface area (Å²) in [6.45, 7) is 2.01. The number of hydrogen-bond acceptors (Lipinski definition) is 4. The highest BCUT2D eigenvalue weighted by molar-refractivity contribution is 7.92. The summed E-state index contributed by atoms with van der Waals surface area (Å²) in [6.07, 6.45) is 1.45. The zero-order valence-electron chi connectivity index (χ0n) is 10.8. The Balaban J connectivity index is 2.61. The van der Waals surface area contributed by atoms with Crippen molar-refractivity contribution in [3.63, 3.8) is 0 Å². The van der Waals surface area contributed by atoms with Crippen LogP contribution in [-0.2, 0) is 16.3 Å². The lowest BCUT2D eigenvalue weighted by Crippen LogP contribution is -2.23. The van der Waals surface area contributed by atoms with Crippen molar-refractivity contribution < 1.29 is 21.6 Å². The Kier molecular flexibility index (Phi) is 5.97. The van der Waals surface area contributed by atoms with E-state index in [1.165, 1.54) is 12.1 Å². The first kappa shape index (κ1) is 16.9. The van der Waals surface area contributed by atoms with Crippen LogP contribution in [0, 0.1) is 0 Å². The van der Waals surface area contributed by atoms with Gasteiger partial charge in [-0.25, -0.2) is 8.42 Å². The molecule has 0 aromatic heterocycles. The maximum Gasteiger partial charge on any atom is 0.501 e. The number of halogens is 3. The summed E-state index contributed by atoms with van der Waals surface area (Å²) in [4.78, 5) is -0.727. The van der Waals surface area contributed by atoms with Crippen molar-refractivity contribution in [2.24, 2.45) is 5.73 Å². The van der Waals surface area contributed by atoms with E-state index in [0.717, 1.165) is 30.7 Å². The first-order valence-electron chi connectivity index (χ1n) is 6.10. The largest absolute Gasteiger partial charge is 0.501 e. The van der Waals surface area contributed by atoms with Crippen molar-refractivity contribution in [1.29, 1.82) is 0 Å². The highest BCUT2D eigenvalue weighted by atomic mass is 32.2. The predicted molar refractivity (Wildman–Crippen MR) is 69.9 cm³/mol. The second-order valence-corrected chi connectivity index (χ2v) is 6.18. The van der Waals surface area contributed by atoms with Crippen molar-refractivity contribution in [1.82, 2.24) is 5.32 Å². The average Bonchev–Trinajstić information content (AvgIpc) is 2.38. The van der Waals surface area contributed by atoms with Crippen LogP contribution in [-0.4, -0.2) is 33.6 Å². The van der Waals surface area contributed by atoms with Gasteiger partial charge < -0.3 is 11.1 Å². The Bertz CT molecular complexity index is 512. The fourth-order valence-electron chi connectivity index (χ4n) is 1.61. The second kappa shape index (κ2) is 7.05. The molecule has 0 bridgehead atoms. The predicted octanol–water partition coefficient (Wildman–Crippen LogP) is 1.46. The molecule has 20 heavy (non-hydrogen) atoms. The summed E-state index contributed by atoms with van der Waals surface area (Å²) >= 11 is 0. The van der Waals surface area contributed by atoms with Gasteiger partial charge >= 0.3 is 5.51 Å². The number of rotatable bonds is 7. The molecule has 3 N–H and O–H groups in total. The first-order chi connectivity index (χ1) is 9.29. The van der Waals surface area contributed by atoms with Gasteiger partial charge in [0.25, 0.3) is 9.84 Å². The minimum absolute atomic E-state index is 0.546. The Morgan fingerprint density at radius 2 is 1.70 bits per heavy atom. The molecule has 0 aliphatic carbocycles. The number of aryl methyl sites for hydroxylation is 1. The van der Waals surface area contributed by atoms with Gasteiger partial charge in [0.15, 0.2) is 0 Å². The maximum atomic E-state index is 12.3. The third-order valence-corrected chi connectivity index (χ3v) is 4.18. The van der Waals surface area contributed by atoms with Crippen molar-refractivity contribution in [2.45, 2.75) is 23.2 Å². The zero-order valence-corrected chi connectivity index (χ0v) is 11.6. The molecule has 0 fully saturated rings. The molecular weight excluding hydrogens is 293 g/mol. The molecule has 0 spiro atoms. The molecule has 0 aliphatic rings. The van der Waals surface area contributed by atoms with Gasteiger partial charge in [-0.1, -0.05) is 12.1 Å². The molecule has 0 amide bonds. The van der Waals surface area contributed by atoms with Gasteiger partial charge in [-0.05, 0) is 37.1 Å². The second-order valence-electron chi connectivity index (χ2n) is 4.24. The van der Waals surface area contributed by atoms with Gasteiger partial charge in [0.1, 0.15) is 0 Å². The summed E-state index contributed by atoms with van der Waals surface area (Å²) in [5.41, 5.74) is 0.832. The smallest absolute Gasteiger partial charge is 0.329 e. The molecule has 0 heterocycles.